The lowest BCUT2D eigenvalue weighted by Crippen LogP contribution is -2.37. The Balaban J connectivity index is 2.32. The zero-order valence-electron chi connectivity index (χ0n) is 20.5. The Labute approximate surface area is 194 Å². The van der Waals surface area contributed by atoms with Gasteiger partial charge in [-0.15, -0.1) is 9.24 Å². The van der Waals surface area contributed by atoms with E-state index in [2.05, 4.69) is 39.5 Å². The van der Waals surface area contributed by atoms with E-state index in [1.54, 1.807) is 0 Å². The normalized spacial score (nSPS) is 16.7. The molecule has 1 N–H and O–H groups in total. The first-order valence-corrected chi connectivity index (χ1v) is 12.0. The molecular weight excluding hydrogens is 428 g/mol. The summed E-state index contributed by atoms with van der Waals surface area (Å²) in [6.45, 7) is 13.3. The summed E-state index contributed by atoms with van der Waals surface area (Å²) in [5.74, 6) is 1.32. The Kier molecular flexibility index (Phi) is 9.26. The van der Waals surface area contributed by atoms with Gasteiger partial charge >= 0.3 is 6.09 Å². The van der Waals surface area contributed by atoms with Crippen LogP contribution in [0.15, 0.2) is 11.8 Å². The van der Waals surface area contributed by atoms with Gasteiger partial charge in [0.1, 0.15) is 23.1 Å². The smallest absolute Gasteiger partial charge is 0.408 e. The molecule has 1 saturated heterocycles. The zero-order valence-corrected chi connectivity index (χ0v) is 21.7. The summed E-state index contributed by atoms with van der Waals surface area (Å²) in [7, 11) is 4.25. The van der Waals surface area contributed by atoms with Crippen LogP contribution >= 0.6 is 9.24 Å². The minimum atomic E-state index is -0.874. The largest absolute Gasteiger partial charge is 0.444 e. The van der Waals surface area contributed by atoms with Gasteiger partial charge in [0.15, 0.2) is 5.82 Å². The first-order valence-electron chi connectivity index (χ1n) is 11.3. The molecule has 2 rings (SSSR count). The van der Waals surface area contributed by atoms with Gasteiger partial charge in [-0.3, -0.25) is 0 Å². The third-order valence-corrected chi connectivity index (χ3v) is 6.07. The molecule has 0 aliphatic carbocycles. The number of hydrogen-bond acceptors (Lipinski definition) is 6. The molecule has 0 bridgehead atoms. The molecule has 1 aliphatic rings. The predicted molar refractivity (Wildman–Crippen MR) is 132 cm³/mol. The van der Waals surface area contributed by atoms with Crippen molar-refractivity contribution in [1.29, 1.82) is 0 Å². The lowest BCUT2D eigenvalue weighted by atomic mass is 9.98. The second-order valence-corrected chi connectivity index (χ2v) is 10.1. The van der Waals surface area contributed by atoms with Gasteiger partial charge in [-0.05, 0) is 59.8 Å². The van der Waals surface area contributed by atoms with Gasteiger partial charge in [0.2, 0.25) is 0 Å². The van der Waals surface area contributed by atoms with Crippen LogP contribution in [0.4, 0.5) is 20.8 Å². The van der Waals surface area contributed by atoms with Crippen LogP contribution in [0.5, 0.6) is 0 Å². The van der Waals surface area contributed by atoms with Crippen LogP contribution in [0, 0.1) is 12.8 Å². The number of piperidine rings is 1. The molecule has 1 aromatic heterocycles. The molecule has 180 valence electrons. The quantitative estimate of drug-likeness (QED) is 0.573. The number of alkyl halides is 1. The highest BCUT2D eigenvalue weighted by Gasteiger charge is 2.27. The standard InChI is InChI=1S/C23H39FN5O2P/c1-8-15(2)14-28(7)20-16(3)21(29-11-9-17(10-12-29)19(24)32)27-18(26-20)13-25-22(30)31-23(4,5)6/h14,17,19H,8-13,32H2,1-7H3,(H,25,30)/b15-14+. The maximum atomic E-state index is 13.7. The Morgan fingerprint density at radius 1 is 1.38 bits per heavy atom. The van der Waals surface area contributed by atoms with E-state index >= 15 is 0 Å². The van der Waals surface area contributed by atoms with Crippen LogP contribution in [0.2, 0.25) is 0 Å². The topological polar surface area (TPSA) is 70.6 Å². The SMILES string of the molecule is CC/C(C)=C/N(C)c1nc(CNC(=O)OC(C)(C)C)nc(N2CCC(C(F)P)CC2)c1C. The summed E-state index contributed by atoms with van der Waals surface area (Å²) >= 11 is 0. The van der Waals surface area contributed by atoms with Crippen molar-refractivity contribution in [2.45, 2.75) is 78.9 Å². The Morgan fingerprint density at radius 2 is 2.00 bits per heavy atom. The van der Waals surface area contributed by atoms with Gasteiger partial charge in [0, 0.05) is 31.9 Å². The number of aromatic nitrogens is 2. The van der Waals surface area contributed by atoms with Crippen molar-refractivity contribution in [3.05, 3.63) is 23.2 Å². The first-order chi connectivity index (χ1) is 14.9. The minimum absolute atomic E-state index is 0.0592. The molecule has 1 aromatic rings. The summed E-state index contributed by atoms with van der Waals surface area (Å²) in [5.41, 5.74) is 1.62. The zero-order chi connectivity index (χ0) is 24.1. The lowest BCUT2D eigenvalue weighted by Gasteiger charge is -2.35. The molecule has 2 atom stereocenters. The number of nitrogens with zero attached hydrogens (tertiary/aromatic N) is 4. The van der Waals surface area contributed by atoms with Crippen molar-refractivity contribution in [2.75, 3.05) is 29.9 Å². The molecule has 0 radical (unpaired) electrons. The summed E-state index contributed by atoms with van der Waals surface area (Å²) in [6.07, 6.45) is 4.06. The average Bonchev–Trinajstić information content (AvgIpc) is 2.71. The fourth-order valence-electron chi connectivity index (χ4n) is 3.65. The molecule has 32 heavy (non-hydrogen) atoms. The fourth-order valence-corrected chi connectivity index (χ4v) is 4.03. The van der Waals surface area contributed by atoms with E-state index in [1.807, 2.05) is 39.6 Å². The fraction of sp³-hybridized carbons (Fsp3) is 0.696. The second kappa shape index (κ2) is 11.3. The molecular formula is C23H39FN5O2P. The van der Waals surface area contributed by atoms with Gasteiger partial charge in [0.25, 0.3) is 0 Å². The highest BCUT2D eigenvalue weighted by Crippen LogP contribution is 2.32. The number of alkyl carbamates (subject to hydrolysis) is 1. The molecule has 7 nitrogen and oxygen atoms in total. The van der Waals surface area contributed by atoms with Crippen molar-refractivity contribution < 1.29 is 13.9 Å². The second-order valence-electron chi connectivity index (χ2n) is 9.48. The van der Waals surface area contributed by atoms with Gasteiger partial charge in [-0.2, -0.15) is 0 Å². The number of nitrogens with one attached hydrogen (secondary N) is 1. The maximum Gasteiger partial charge on any atom is 0.408 e. The molecule has 1 fully saturated rings. The molecule has 0 spiro atoms. The number of hydrogen-bond donors (Lipinski definition) is 1. The molecule has 0 saturated carbocycles. The van der Waals surface area contributed by atoms with E-state index in [1.165, 1.54) is 5.57 Å². The van der Waals surface area contributed by atoms with Crippen molar-refractivity contribution in [3.8, 4) is 0 Å². The molecule has 1 amide bonds. The highest BCUT2D eigenvalue weighted by atomic mass is 31.0. The van der Waals surface area contributed by atoms with Crippen molar-refractivity contribution in [3.63, 3.8) is 0 Å². The number of rotatable bonds is 7. The summed E-state index contributed by atoms with van der Waals surface area (Å²) in [4.78, 5) is 25.8. The molecule has 1 aliphatic heterocycles. The van der Waals surface area contributed by atoms with E-state index in [-0.39, 0.29) is 12.5 Å². The number of carbonyl (C=O) groups is 1. The van der Waals surface area contributed by atoms with Crippen molar-refractivity contribution in [2.24, 2.45) is 5.92 Å². The van der Waals surface area contributed by atoms with E-state index in [0.717, 1.165) is 49.6 Å². The third kappa shape index (κ3) is 7.58. The third-order valence-electron chi connectivity index (χ3n) is 5.53. The highest BCUT2D eigenvalue weighted by molar-refractivity contribution is 7.17. The van der Waals surface area contributed by atoms with Gasteiger partial charge in [0.05, 0.1) is 6.54 Å². The molecule has 2 unspecified atom stereocenters. The Bertz CT molecular complexity index is 817. The van der Waals surface area contributed by atoms with E-state index in [0.29, 0.717) is 5.82 Å². The van der Waals surface area contributed by atoms with Crippen molar-refractivity contribution in [1.82, 2.24) is 15.3 Å². The Morgan fingerprint density at radius 3 is 2.53 bits per heavy atom. The molecule has 9 heteroatoms. The van der Waals surface area contributed by atoms with Gasteiger partial charge in [-0.25, -0.2) is 19.2 Å². The lowest BCUT2D eigenvalue weighted by molar-refractivity contribution is 0.0522. The van der Waals surface area contributed by atoms with Crippen molar-refractivity contribution >= 4 is 27.0 Å². The number of ether oxygens (including phenoxy) is 1. The maximum absolute atomic E-state index is 13.7. The number of carbonyl (C=O) groups excluding carboxylic acids is 1. The van der Waals surface area contributed by atoms with E-state index in [9.17, 15) is 9.18 Å². The van der Waals surface area contributed by atoms with E-state index < -0.39 is 17.6 Å². The molecule has 0 aromatic carbocycles. The summed E-state index contributed by atoms with van der Waals surface area (Å²) in [6, 6.07) is 0. The monoisotopic (exact) mass is 467 g/mol. The van der Waals surface area contributed by atoms with Gasteiger partial charge in [-0.1, -0.05) is 12.5 Å². The number of allylic oxidation sites excluding steroid dienone is 1. The van der Waals surface area contributed by atoms with Crippen LogP contribution in [0.1, 0.15) is 65.3 Å². The van der Waals surface area contributed by atoms with E-state index in [4.69, 9.17) is 14.7 Å². The summed E-state index contributed by atoms with van der Waals surface area (Å²) < 4.78 is 19.1. The van der Waals surface area contributed by atoms with Crippen LogP contribution < -0.4 is 15.1 Å². The predicted octanol–water partition coefficient (Wildman–Crippen LogP) is 4.95. The number of anilines is 2. The van der Waals surface area contributed by atoms with Crippen LogP contribution in [0.25, 0.3) is 0 Å². The van der Waals surface area contributed by atoms with Crippen LogP contribution in [-0.4, -0.2) is 47.7 Å². The number of halogens is 1. The average molecular weight is 468 g/mol. The summed E-state index contributed by atoms with van der Waals surface area (Å²) in [5, 5.41) is 2.75. The molecule has 2 heterocycles. The first kappa shape index (κ1) is 26.3. The number of amides is 1. The van der Waals surface area contributed by atoms with Crippen LogP contribution in [-0.2, 0) is 11.3 Å². The van der Waals surface area contributed by atoms with Gasteiger partial charge < -0.3 is 19.9 Å². The van der Waals surface area contributed by atoms with Crippen LogP contribution in [0.3, 0.4) is 0 Å². The minimum Gasteiger partial charge on any atom is -0.444 e. The Hall–Kier alpha value is -1.95.